The molecule has 0 saturated carbocycles. The summed E-state index contributed by atoms with van der Waals surface area (Å²) in [5.41, 5.74) is 2.46. The standard InChI is InChI=1S/C17H31N3O/c1-4-7-17(6-3)18-14-16(5-2)15-20-10-8-19(9-11-20)12-13-21/h6,14,21H,3-5,7-13,15H2,1-2H3/b16-14+,18-17?. The first-order chi connectivity index (χ1) is 10.2. The van der Waals surface area contributed by atoms with Crippen molar-refractivity contribution in [2.75, 3.05) is 45.9 Å². The predicted molar refractivity (Wildman–Crippen MR) is 90.9 cm³/mol. The summed E-state index contributed by atoms with van der Waals surface area (Å²) < 4.78 is 0. The van der Waals surface area contributed by atoms with Crippen molar-refractivity contribution in [1.29, 1.82) is 0 Å². The first kappa shape index (κ1) is 18.1. The van der Waals surface area contributed by atoms with Gasteiger partial charge in [-0.2, -0.15) is 0 Å². The number of aliphatic hydroxyl groups is 1. The van der Waals surface area contributed by atoms with Gasteiger partial charge < -0.3 is 5.11 Å². The Bertz CT molecular complexity index is 355. The van der Waals surface area contributed by atoms with Crippen LogP contribution in [0.2, 0.25) is 0 Å². The van der Waals surface area contributed by atoms with Gasteiger partial charge in [-0.15, -0.1) is 0 Å². The van der Waals surface area contributed by atoms with Crippen LogP contribution in [-0.4, -0.2) is 66.5 Å². The third-order valence-corrected chi connectivity index (χ3v) is 3.92. The molecule has 1 N–H and O–H groups in total. The van der Waals surface area contributed by atoms with Crippen LogP contribution in [0.4, 0.5) is 0 Å². The summed E-state index contributed by atoms with van der Waals surface area (Å²) in [7, 11) is 0. The van der Waals surface area contributed by atoms with Crippen molar-refractivity contribution in [1.82, 2.24) is 9.80 Å². The lowest BCUT2D eigenvalue weighted by atomic mass is 10.2. The monoisotopic (exact) mass is 293 g/mol. The molecule has 0 aromatic carbocycles. The van der Waals surface area contributed by atoms with E-state index < -0.39 is 0 Å². The SMILES string of the molecule is C=CC(CCC)=N/C=C(\CC)CN1CCN(CCO)CC1. The highest BCUT2D eigenvalue weighted by Crippen LogP contribution is 2.09. The Labute approximate surface area is 129 Å². The minimum atomic E-state index is 0.261. The van der Waals surface area contributed by atoms with Crippen LogP contribution in [0.1, 0.15) is 33.1 Å². The van der Waals surface area contributed by atoms with Crippen LogP contribution in [0.25, 0.3) is 0 Å². The van der Waals surface area contributed by atoms with Gasteiger partial charge in [0.25, 0.3) is 0 Å². The maximum absolute atomic E-state index is 8.97. The van der Waals surface area contributed by atoms with E-state index in [4.69, 9.17) is 5.11 Å². The predicted octanol–water partition coefficient (Wildman–Crippen LogP) is 2.32. The lowest BCUT2D eigenvalue weighted by Gasteiger charge is -2.34. The highest BCUT2D eigenvalue weighted by molar-refractivity contribution is 5.94. The van der Waals surface area contributed by atoms with E-state index >= 15 is 0 Å². The summed E-state index contributed by atoms with van der Waals surface area (Å²) in [4.78, 5) is 9.38. The minimum Gasteiger partial charge on any atom is -0.395 e. The van der Waals surface area contributed by atoms with Crippen molar-refractivity contribution >= 4 is 5.71 Å². The summed E-state index contributed by atoms with van der Waals surface area (Å²) in [5, 5.41) is 8.97. The van der Waals surface area contributed by atoms with E-state index in [0.717, 1.165) is 64.2 Å². The van der Waals surface area contributed by atoms with Crippen molar-refractivity contribution in [2.45, 2.75) is 33.1 Å². The fourth-order valence-electron chi connectivity index (χ4n) is 2.49. The molecule has 1 aliphatic heterocycles. The van der Waals surface area contributed by atoms with Crippen LogP contribution < -0.4 is 0 Å². The first-order valence-electron chi connectivity index (χ1n) is 8.16. The maximum Gasteiger partial charge on any atom is 0.0558 e. The van der Waals surface area contributed by atoms with Crippen molar-refractivity contribution in [3.05, 3.63) is 24.4 Å². The van der Waals surface area contributed by atoms with Gasteiger partial charge in [-0.25, -0.2) is 0 Å². The van der Waals surface area contributed by atoms with Crippen molar-refractivity contribution in [3.63, 3.8) is 0 Å². The molecule has 21 heavy (non-hydrogen) atoms. The van der Waals surface area contributed by atoms with Crippen molar-refractivity contribution in [3.8, 4) is 0 Å². The molecule has 0 atom stereocenters. The molecule has 0 aromatic heterocycles. The zero-order valence-electron chi connectivity index (χ0n) is 13.7. The van der Waals surface area contributed by atoms with Gasteiger partial charge in [-0.05, 0) is 24.5 Å². The number of aliphatic imine (C=N–C) groups is 1. The molecule has 120 valence electrons. The Balaban J connectivity index is 2.49. The van der Waals surface area contributed by atoms with Crippen LogP contribution in [0.5, 0.6) is 0 Å². The molecule has 0 amide bonds. The third-order valence-electron chi connectivity index (χ3n) is 3.92. The Hall–Kier alpha value is -0.970. The number of piperazine rings is 1. The second-order valence-electron chi connectivity index (χ2n) is 5.56. The van der Waals surface area contributed by atoms with E-state index in [2.05, 4.69) is 35.2 Å². The van der Waals surface area contributed by atoms with Gasteiger partial charge in [0.2, 0.25) is 0 Å². The second kappa shape index (κ2) is 10.7. The van der Waals surface area contributed by atoms with Crippen LogP contribution >= 0.6 is 0 Å². The van der Waals surface area contributed by atoms with Gasteiger partial charge in [-0.1, -0.05) is 26.8 Å². The molecule has 0 bridgehead atoms. The van der Waals surface area contributed by atoms with Crippen LogP contribution in [0, 0.1) is 0 Å². The molecule has 1 rings (SSSR count). The zero-order valence-corrected chi connectivity index (χ0v) is 13.7. The summed E-state index contributed by atoms with van der Waals surface area (Å²) in [5.74, 6) is 0. The van der Waals surface area contributed by atoms with Gasteiger partial charge in [0, 0.05) is 51.2 Å². The number of hydrogen-bond acceptors (Lipinski definition) is 4. The molecule has 0 radical (unpaired) electrons. The largest absolute Gasteiger partial charge is 0.395 e. The Morgan fingerprint density at radius 3 is 2.38 bits per heavy atom. The van der Waals surface area contributed by atoms with Crippen molar-refractivity contribution < 1.29 is 5.11 Å². The molecule has 1 heterocycles. The number of allylic oxidation sites excluding steroid dienone is 1. The Morgan fingerprint density at radius 2 is 1.86 bits per heavy atom. The van der Waals surface area contributed by atoms with E-state index in [9.17, 15) is 0 Å². The lowest BCUT2D eigenvalue weighted by Crippen LogP contribution is -2.47. The normalized spacial score (nSPS) is 19.0. The molecule has 0 aliphatic carbocycles. The molecule has 0 aromatic rings. The zero-order chi connectivity index (χ0) is 15.5. The minimum absolute atomic E-state index is 0.261. The molecular weight excluding hydrogens is 262 g/mol. The summed E-state index contributed by atoms with van der Waals surface area (Å²) in [6.07, 6.45) is 7.04. The van der Waals surface area contributed by atoms with Gasteiger partial charge in [0.15, 0.2) is 0 Å². The molecule has 0 spiro atoms. The molecule has 1 fully saturated rings. The number of hydrogen-bond donors (Lipinski definition) is 1. The fourth-order valence-corrected chi connectivity index (χ4v) is 2.49. The fraction of sp³-hybridized carbons (Fsp3) is 0.706. The highest BCUT2D eigenvalue weighted by Gasteiger charge is 2.16. The van der Waals surface area contributed by atoms with E-state index in [0.29, 0.717) is 0 Å². The second-order valence-corrected chi connectivity index (χ2v) is 5.56. The summed E-state index contributed by atoms with van der Waals surface area (Å²) in [6.45, 7) is 14.5. The van der Waals surface area contributed by atoms with Crippen LogP contribution in [0.3, 0.4) is 0 Å². The number of aliphatic hydroxyl groups excluding tert-OH is 1. The number of rotatable bonds is 9. The van der Waals surface area contributed by atoms with E-state index in [1.807, 2.05) is 12.3 Å². The van der Waals surface area contributed by atoms with Gasteiger partial charge in [-0.3, -0.25) is 14.8 Å². The summed E-state index contributed by atoms with van der Waals surface area (Å²) >= 11 is 0. The quantitative estimate of drug-likeness (QED) is 0.663. The molecule has 4 nitrogen and oxygen atoms in total. The Kier molecular flexibility index (Phi) is 9.22. The van der Waals surface area contributed by atoms with Gasteiger partial charge in [0.05, 0.1) is 6.61 Å². The van der Waals surface area contributed by atoms with E-state index in [-0.39, 0.29) is 6.61 Å². The highest BCUT2D eigenvalue weighted by atomic mass is 16.3. The lowest BCUT2D eigenvalue weighted by molar-refractivity contribution is 0.118. The maximum atomic E-state index is 8.97. The average molecular weight is 293 g/mol. The molecule has 1 aliphatic rings. The number of nitrogens with zero attached hydrogens (tertiary/aromatic N) is 3. The molecule has 4 heteroatoms. The van der Waals surface area contributed by atoms with Gasteiger partial charge >= 0.3 is 0 Å². The molecule has 1 saturated heterocycles. The first-order valence-corrected chi connectivity index (χ1v) is 8.16. The summed E-state index contributed by atoms with van der Waals surface area (Å²) in [6, 6.07) is 0. The topological polar surface area (TPSA) is 39.1 Å². The Morgan fingerprint density at radius 1 is 1.19 bits per heavy atom. The average Bonchev–Trinajstić information content (AvgIpc) is 2.52. The molecule has 0 unspecified atom stereocenters. The van der Waals surface area contributed by atoms with Crippen LogP contribution in [0.15, 0.2) is 29.4 Å². The van der Waals surface area contributed by atoms with Crippen molar-refractivity contribution in [2.24, 2.45) is 4.99 Å². The number of β-amino-alcohol motifs (C(OH)–C–C–N with tert-alkyl or cyclic N) is 1. The van der Waals surface area contributed by atoms with Crippen LogP contribution in [-0.2, 0) is 0 Å². The molecular formula is C17H31N3O. The van der Waals surface area contributed by atoms with Gasteiger partial charge in [0.1, 0.15) is 0 Å². The third kappa shape index (κ3) is 7.02. The smallest absolute Gasteiger partial charge is 0.0558 e. The van der Waals surface area contributed by atoms with E-state index in [1.165, 1.54) is 5.57 Å². The van der Waals surface area contributed by atoms with E-state index in [1.54, 1.807) is 0 Å².